The molecule has 0 amide bonds. The topological polar surface area (TPSA) is 63.6 Å². The fourth-order valence-electron chi connectivity index (χ4n) is 2.74. The Bertz CT molecular complexity index is 527. The van der Waals surface area contributed by atoms with Crippen LogP contribution in [-0.4, -0.2) is 23.1 Å². The molecular formula is C16H20O4. The maximum atomic E-state index is 11.8. The predicted octanol–water partition coefficient (Wildman–Crippen LogP) is 3.01. The molecule has 1 heterocycles. The largest absolute Gasteiger partial charge is 0.478 e. The van der Waals surface area contributed by atoms with Gasteiger partial charge in [-0.2, -0.15) is 0 Å². The summed E-state index contributed by atoms with van der Waals surface area (Å²) >= 11 is 0. The van der Waals surface area contributed by atoms with Gasteiger partial charge >= 0.3 is 11.9 Å². The lowest BCUT2D eigenvalue weighted by Gasteiger charge is -2.28. The van der Waals surface area contributed by atoms with E-state index >= 15 is 0 Å². The van der Waals surface area contributed by atoms with Gasteiger partial charge in [0.15, 0.2) is 0 Å². The number of carbonyl (C=O) groups excluding carboxylic acids is 1. The summed E-state index contributed by atoms with van der Waals surface area (Å²) in [7, 11) is 0. The van der Waals surface area contributed by atoms with Crippen molar-refractivity contribution < 1.29 is 19.4 Å². The Labute approximate surface area is 118 Å². The van der Waals surface area contributed by atoms with Crippen LogP contribution in [0.5, 0.6) is 0 Å². The number of carbonyl (C=O) groups is 2. The van der Waals surface area contributed by atoms with Crippen LogP contribution >= 0.6 is 0 Å². The smallest absolute Gasteiger partial charge is 0.334 e. The number of hydrogen-bond donors (Lipinski definition) is 1. The molecule has 2 aliphatic rings. The van der Waals surface area contributed by atoms with Crippen LogP contribution in [0.1, 0.15) is 39.5 Å². The standard InChI is InChI=1S/C16H20O4/c1-10-5-4-6-12(14(17)18)7-8-16(3)11(2)15(19)20-13(16)9-10/h6,9,13H,2,4-5,7-8H2,1,3H3,(H,17,18)/t13-,16-/m1/s1. The molecule has 2 rings (SSSR count). The Morgan fingerprint density at radius 3 is 2.85 bits per heavy atom. The van der Waals surface area contributed by atoms with Crippen molar-refractivity contribution in [2.75, 3.05) is 0 Å². The molecule has 1 aliphatic heterocycles. The average molecular weight is 276 g/mol. The number of hydrogen-bond acceptors (Lipinski definition) is 3. The monoisotopic (exact) mass is 276 g/mol. The molecule has 2 atom stereocenters. The van der Waals surface area contributed by atoms with Gasteiger partial charge in [0.2, 0.25) is 0 Å². The molecule has 0 spiro atoms. The van der Waals surface area contributed by atoms with Crippen LogP contribution < -0.4 is 0 Å². The van der Waals surface area contributed by atoms with Gasteiger partial charge in [0.05, 0.1) is 0 Å². The van der Waals surface area contributed by atoms with Crippen LogP contribution in [0.4, 0.5) is 0 Å². The summed E-state index contributed by atoms with van der Waals surface area (Å²) in [6.07, 6.45) is 5.86. The first-order valence-corrected chi connectivity index (χ1v) is 6.84. The number of allylic oxidation sites excluding steroid dienone is 2. The van der Waals surface area contributed by atoms with Crippen LogP contribution in [0.3, 0.4) is 0 Å². The second-order valence-electron chi connectivity index (χ2n) is 5.81. The normalized spacial score (nSPS) is 31.0. The number of ether oxygens (including phenoxy) is 1. The van der Waals surface area contributed by atoms with Crippen molar-refractivity contribution in [3.05, 3.63) is 35.5 Å². The first-order chi connectivity index (χ1) is 9.34. The van der Waals surface area contributed by atoms with Crippen molar-refractivity contribution in [1.82, 2.24) is 0 Å². The van der Waals surface area contributed by atoms with Crippen molar-refractivity contribution in [3.63, 3.8) is 0 Å². The number of carboxylic acids is 1. The van der Waals surface area contributed by atoms with Gasteiger partial charge in [-0.05, 0) is 38.7 Å². The molecule has 20 heavy (non-hydrogen) atoms. The van der Waals surface area contributed by atoms with E-state index in [1.165, 1.54) is 0 Å². The SMILES string of the molecule is C=C1C(=O)O[C@@H]2C=C(C)CCC=C(C(=O)O)CC[C@]12C. The lowest BCUT2D eigenvalue weighted by atomic mass is 9.74. The lowest BCUT2D eigenvalue weighted by molar-refractivity contribution is -0.138. The fraction of sp³-hybridized carbons (Fsp3) is 0.500. The zero-order valence-corrected chi connectivity index (χ0v) is 11.9. The van der Waals surface area contributed by atoms with Crippen LogP contribution in [0, 0.1) is 5.41 Å². The second-order valence-corrected chi connectivity index (χ2v) is 5.81. The summed E-state index contributed by atoms with van der Waals surface area (Å²) in [5.74, 6) is -1.26. The highest BCUT2D eigenvalue weighted by Crippen LogP contribution is 2.45. The van der Waals surface area contributed by atoms with Gasteiger partial charge in [-0.3, -0.25) is 0 Å². The van der Waals surface area contributed by atoms with E-state index in [4.69, 9.17) is 4.74 Å². The third-order valence-corrected chi connectivity index (χ3v) is 4.35. The predicted molar refractivity (Wildman–Crippen MR) is 75.1 cm³/mol. The molecule has 1 fully saturated rings. The quantitative estimate of drug-likeness (QED) is 0.454. The molecule has 0 aromatic heterocycles. The third kappa shape index (κ3) is 2.55. The molecule has 0 saturated carbocycles. The number of fused-ring (bicyclic) bond motifs is 1. The molecule has 1 saturated heterocycles. The number of carboxylic acid groups (broad SMARTS) is 1. The highest BCUT2D eigenvalue weighted by Gasteiger charge is 2.47. The minimum absolute atomic E-state index is 0.337. The summed E-state index contributed by atoms with van der Waals surface area (Å²) in [4.78, 5) is 23.0. The molecule has 4 heteroatoms. The fourth-order valence-corrected chi connectivity index (χ4v) is 2.74. The van der Waals surface area contributed by atoms with E-state index in [1.54, 1.807) is 6.08 Å². The van der Waals surface area contributed by atoms with Gasteiger partial charge in [0, 0.05) is 16.6 Å². The van der Waals surface area contributed by atoms with E-state index in [0.717, 1.165) is 12.0 Å². The van der Waals surface area contributed by atoms with Crippen LogP contribution in [0.25, 0.3) is 0 Å². The van der Waals surface area contributed by atoms with Crippen molar-refractivity contribution in [2.45, 2.75) is 45.6 Å². The Hall–Kier alpha value is -1.84. The number of esters is 1. The maximum absolute atomic E-state index is 11.8. The van der Waals surface area contributed by atoms with Gasteiger partial charge in [0.25, 0.3) is 0 Å². The Balaban J connectivity index is 2.37. The second kappa shape index (κ2) is 5.27. The minimum atomic E-state index is -0.886. The molecule has 0 unspecified atom stereocenters. The summed E-state index contributed by atoms with van der Waals surface area (Å²) in [5.41, 5.74) is 1.43. The van der Waals surface area contributed by atoms with Crippen molar-refractivity contribution in [2.24, 2.45) is 5.41 Å². The van der Waals surface area contributed by atoms with Crippen LogP contribution in [0.15, 0.2) is 35.5 Å². The number of aliphatic carboxylic acids is 1. The van der Waals surface area contributed by atoms with Gasteiger partial charge in [-0.1, -0.05) is 25.2 Å². The summed E-state index contributed by atoms with van der Waals surface area (Å²) < 4.78 is 5.40. The van der Waals surface area contributed by atoms with Crippen molar-refractivity contribution in [3.8, 4) is 0 Å². The Morgan fingerprint density at radius 1 is 1.50 bits per heavy atom. The highest BCUT2D eigenvalue weighted by atomic mass is 16.6. The zero-order valence-electron chi connectivity index (χ0n) is 11.9. The molecule has 1 aliphatic carbocycles. The minimum Gasteiger partial charge on any atom is -0.478 e. The van der Waals surface area contributed by atoms with Crippen LogP contribution in [-0.2, 0) is 14.3 Å². The van der Waals surface area contributed by atoms with E-state index in [2.05, 4.69) is 6.58 Å². The summed E-state index contributed by atoms with van der Waals surface area (Å²) in [5, 5.41) is 9.22. The van der Waals surface area contributed by atoms with Gasteiger partial charge < -0.3 is 9.84 Å². The van der Waals surface area contributed by atoms with Gasteiger partial charge in [0.1, 0.15) is 6.10 Å². The number of rotatable bonds is 1. The Kier molecular flexibility index (Phi) is 3.84. The molecule has 0 bridgehead atoms. The van der Waals surface area contributed by atoms with Crippen molar-refractivity contribution in [1.29, 1.82) is 0 Å². The first kappa shape index (κ1) is 14.6. The Morgan fingerprint density at radius 2 is 2.20 bits per heavy atom. The van der Waals surface area contributed by atoms with E-state index in [0.29, 0.717) is 30.4 Å². The molecule has 0 aromatic carbocycles. The van der Waals surface area contributed by atoms with Gasteiger partial charge in [-0.15, -0.1) is 0 Å². The van der Waals surface area contributed by atoms with Crippen molar-refractivity contribution >= 4 is 11.9 Å². The van der Waals surface area contributed by atoms with E-state index in [9.17, 15) is 14.7 Å². The van der Waals surface area contributed by atoms with Gasteiger partial charge in [-0.25, -0.2) is 9.59 Å². The summed E-state index contributed by atoms with van der Waals surface area (Å²) in [6, 6.07) is 0. The highest BCUT2D eigenvalue weighted by molar-refractivity contribution is 5.92. The molecule has 108 valence electrons. The first-order valence-electron chi connectivity index (χ1n) is 6.84. The van der Waals surface area contributed by atoms with E-state index in [-0.39, 0.29) is 12.1 Å². The molecule has 4 nitrogen and oxygen atoms in total. The van der Waals surface area contributed by atoms with E-state index in [1.807, 2.05) is 19.9 Å². The average Bonchev–Trinajstić information content (AvgIpc) is 2.58. The van der Waals surface area contributed by atoms with E-state index < -0.39 is 11.4 Å². The molecule has 0 aromatic rings. The molecule has 1 N–H and O–H groups in total. The molecular weight excluding hydrogens is 256 g/mol. The van der Waals surface area contributed by atoms with Crippen LogP contribution in [0.2, 0.25) is 0 Å². The third-order valence-electron chi connectivity index (χ3n) is 4.35. The lowest BCUT2D eigenvalue weighted by Crippen LogP contribution is -2.28. The summed E-state index contributed by atoms with van der Waals surface area (Å²) in [6.45, 7) is 7.75. The zero-order chi connectivity index (χ0) is 14.9. The maximum Gasteiger partial charge on any atom is 0.334 e. The molecule has 0 radical (unpaired) electrons.